The molecule has 0 saturated carbocycles. The summed E-state index contributed by atoms with van der Waals surface area (Å²) in [5, 5.41) is 10.9. The van der Waals surface area contributed by atoms with Crippen LogP contribution in [-0.2, 0) is 70.2 Å². The Labute approximate surface area is 652 Å². The summed E-state index contributed by atoms with van der Waals surface area (Å²) in [5.41, 5.74) is 17.3. The van der Waals surface area contributed by atoms with Gasteiger partial charge in [-0.1, -0.05) is 57.2 Å². The number of benzene rings is 5. The first kappa shape index (κ1) is 82.5. The summed E-state index contributed by atoms with van der Waals surface area (Å²) in [6, 6.07) is 28.3. The molecule has 4 saturated heterocycles. The topological polar surface area (TPSA) is 351 Å². The molecule has 0 radical (unpaired) electrons. The Bertz CT molecular complexity index is 4320. The summed E-state index contributed by atoms with van der Waals surface area (Å²) in [6.45, 7) is 19.0. The second-order valence-electron chi connectivity index (χ2n) is 29.0. The average Bonchev–Trinajstić information content (AvgIpc) is 1.60. The molecule has 0 spiro atoms. The number of anilines is 3. The molecule has 6 heterocycles. The van der Waals surface area contributed by atoms with E-state index in [1.54, 1.807) is 62.1 Å². The zero-order chi connectivity index (χ0) is 79.2. The van der Waals surface area contributed by atoms with Crippen molar-refractivity contribution in [2.24, 2.45) is 16.8 Å². The maximum Gasteiger partial charge on any atom is 0.412 e. The molecule has 4 fully saturated rings. The molecule has 112 heavy (non-hydrogen) atoms. The maximum atomic E-state index is 14.5. The van der Waals surface area contributed by atoms with E-state index in [2.05, 4.69) is 86.1 Å². The summed E-state index contributed by atoms with van der Waals surface area (Å²) in [4.78, 5) is 126. The number of likely N-dealkylation sites (tertiary alicyclic amines) is 2. The molecule has 7 N–H and O–H groups in total. The number of unbranched alkanes of at least 4 members (excludes halogenated alkanes) is 2. The number of amides is 8. The molecular weight excluding hydrogens is 1440 g/mol. The normalized spacial score (nSPS) is 17.6. The lowest BCUT2D eigenvalue weighted by Gasteiger charge is -2.34. The molecule has 11 rings (SSSR count). The monoisotopic (exact) mass is 1540 g/mol. The molecule has 0 aliphatic carbocycles. The van der Waals surface area contributed by atoms with Crippen molar-refractivity contribution in [3.05, 3.63) is 131 Å². The first-order valence-corrected chi connectivity index (χ1v) is 38.6. The zero-order valence-corrected chi connectivity index (χ0v) is 64.9. The van der Waals surface area contributed by atoms with Crippen molar-refractivity contribution in [3.8, 4) is 28.6 Å². The van der Waals surface area contributed by atoms with Crippen molar-refractivity contribution in [1.82, 2.24) is 45.5 Å². The predicted molar refractivity (Wildman–Crippen MR) is 421 cm³/mol. The first-order valence-electron chi connectivity index (χ1n) is 38.6. The van der Waals surface area contributed by atoms with Gasteiger partial charge in [0.05, 0.1) is 120 Å². The van der Waals surface area contributed by atoms with Gasteiger partial charge in [0, 0.05) is 106 Å². The fourth-order valence-electron chi connectivity index (χ4n) is 13.8. The Morgan fingerprint density at radius 1 is 0.714 bits per heavy atom. The van der Waals surface area contributed by atoms with Crippen LogP contribution in [0.1, 0.15) is 99.7 Å². The smallest absolute Gasteiger partial charge is 0.412 e. The van der Waals surface area contributed by atoms with Crippen molar-refractivity contribution in [1.29, 1.82) is 0 Å². The number of methoxy groups -OCH3 is 1. The first-order chi connectivity index (χ1) is 54.2. The van der Waals surface area contributed by atoms with Crippen LogP contribution < -0.4 is 46.1 Å². The molecule has 2 unspecified atom stereocenters. The molecule has 30 nitrogen and oxygen atoms in total. The van der Waals surface area contributed by atoms with E-state index in [0.29, 0.717) is 68.8 Å². The number of carbonyl (C=O) groups is 8. The largest absolute Gasteiger partial charge is 0.494 e. The van der Waals surface area contributed by atoms with Gasteiger partial charge in [-0.2, -0.15) is 0 Å². The lowest BCUT2D eigenvalue weighted by atomic mass is 10.0. The van der Waals surface area contributed by atoms with Crippen molar-refractivity contribution in [3.63, 3.8) is 0 Å². The Hall–Kier alpha value is -10.5. The van der Waals surface area contributed by atoms with Crippen LogP contribution in [0.4, 0.5) is 27.5 Å². The van der Waals surface area contributed by atoms with E-state index >= 15 is 0 Å². The number of ether oxygens (including phenoxy) is 9. The minimum atomic E-state index is -0.976. The van der Waals surface area contributed by atoms with Crippen LogP contribution in [-0.4, -0.2) is 246 Å². The fraction of sp³-hybridized carbons (Fsp3) is 0.488. The quantitative estimate of drug-likeness (QED) is 0.00933. The number of nitrogen functional groups attached to an aromatic ring is 1. The Balaban J connectivity index is 0.538. The van der Waals surface area contributed by atoms with E-state index in [-0.39, 0.29) is 132 Å². The number of likely N-dealkylation sites (N-methyl/N-ethyl adjacent to an activating group) is 1. The Morgan fingerprint density at radius 3 is 2.12 bits per heavy atom. The summed E-state index contributed by atoms with van der Waals surface area (Å²) >= 11 is 0. The molecule has 6 aromatic rings. The summed E-state index contributed by atoms with van der Waals surface area (Å²) in [7, 11) is 3.67. The Kier molecular flexibility index (Phi) is 29.5. The van der Waals surface area contributed by atoms with Crippen LogP contribution in [0.25, 0.3) is 22.4 Å². The maximum absolute atomic E-state index is 14.5. The number of aromatic amines is 1. The summed E-state index contributed by atoms with van der Waals surface area (Å²) < 4.78 is 51.9. The number of piperazine rings is 1. The van der Waals surface area contributed by atoms with Crippen molar-refractivity contribution in [2.45, 2.75) is 110 Å². The lowest BCUT2D eigenvalue weighted by Crippen LogP contribution is -2.53. The third-order valence-electron chi connectivity index (χ3n) is 20.2. The minimum Gasteiger partial charge on any atom is -0.494 e. The van der Waals surface area contributed by atoms with E-state index in [9.17, 15) is 38.4 Å². The number of nitrogens with one attached hydrogen (secondary N) is 5. The number of carbonyl (C=O) groups excluding carboxylic acids is 8. The predicted octanol–water partition coefficient (Wildman–Crippen LogP) is 7.59. The summed E-state index contributed by atoms with van der Waals surface area (Å²) in [6.07, 6.45) is 2.25. The molecule has 30 heteroatoms. The minimum absolute atomic E-state index is 0.0103. The number of hydrogen-bond acceptors (Lipinski definition) is 22. The van der Waals surface area contributed by atoms with Crippen LogP contribution >= 0.6 is 0 Å². The van der Waals surface area contributed by atoms with E-state index in [0.717, 1.165) is 107 Å². The van der Waals surface area contributed by atoms with Crippen LogP contribution in [0.3, 0.4) is 0 Å². The molecule has 0 bridgehead atoms. The number of fused-ring (bicyclic) bond motifs is 2. The number of imidazole rings is 1. The number of imide groups is 1. The summed E-state index contributed by atoms with van der Waals surface area (Å²) in [5.74, 6) is -0.965. The van der Waals surface area contributed by atoms with Gasteiger partial charge in [-0.25, -0.2) is 9.78 Å². The van der Waals surface area contributed by atoms with E-state index in [1.807, 2.05) is 24.3 Å². The van der Waals surface area contributed by atoms with Gasteiger partial charge in [-0.15, -0.1) is 0 Å². The van der Waals surface area contributed by atoms with Crippen LogP contribution in [0.15, 0.2) is 114 Å². The van der Waals surface area contributed by atoms with Crippen LogP contribution in [0.2, 0.25) is 0 Å². The molecule has 5 aromatic carbocycles. The third-order valence-corrected chi connectivity index (χ3v) is 20.2. The fourth-order valence-corrected chi connectivity index (χ4v) is 13.8. The van der Waals surface area contributed by atoms with Gasteiger partial charge in [0.25, 0.3) is 5.91 Å². The van der Waals surface area contributed by atoms with Crippen LogP contribution in [0, 0.1) is 11.8 Å². The van der Waals surface area contributed by atoms with Gasteiger partial charge in [-0.05, 0) is 129 Å². The van der Waals surface area contributed by atoms with Gasteiger partial charge in [-0.3, -0.25) is 48.4 Å². The molecule has 5 aliphatic heterocycles. The van der Waals surface area contributed by atoms with Gasteiger partial charge in [0.1, 0.15) is 30.3 Å². The highest BCUT2D eigenvalue weighted by atomic mass is 16.6. The molecule has 1 aromatic heterocycles. The SMILES string of the molecule is C=C1C[C@@H](C2OCCN2C(=O)OCc2ccc(NC(=O)[C@H](C)NC(=O)[C@@H](NC(=O)CCOCCOCCOCCOCCNC(=O)CCN3C(=O)CC(C)C3=O)C(C)C)cc2)N(C(=O)c2cc(OC)c(OCCCCCOc3ccc(-c4nc5ccc(C6=Nc7cc(N8CCN(C)CC8)ccc7C6)cc5[nH]4)cc3)cc2N)C1. The van der Waals surface area contributed by atoms with Crippen molar-refractivity contribution >= 4 is 86.9 Å². The number of H-pyrrole nitrogens is 1. The highest BCUT2D eigenvalue weighted by Gasteiger charge is 2.45. The lowest BCUT2D eigenvalue weighted by molar-refractivity contribution is -0.139. The molecule has 5 atom stereocenters. The second-order valence-corrected chi connectivity index (χ2v) is 29.0. The number of hydrogen-bond donors (Lipinski definition) is 6. The van der Waals surface area contributed by atoms with Crippen molar-refractivity contribution in [2.75, 3.05) is 155 Å². The number of rotatable bonds is 40. The number of nitrogens with two attached hydrogens (primary N) is 1. The third kappa shape index (κ3) is 22.4. The van der Waals surface area contributed by atoms with Gasteiger partial charge >= 0.3 is 6.09 Å². The number of aliphatic imine (C=N–C) groups is 1. The highest BCUT2D eigenvalue weighted by molar-refractivity contribution is 6.08. The van der Waals surface area contributed by atoms with Gasteiger partial charge < -0.3 is 89.3 Å². The van der Waals surface area contributed by atoms with Gasteiger partial charge in [0.15, 0.2) is 17.7 Å². The van der Waals surface area contributed by atoms with E-state index in [4.69, 9.17) is 58.3 Å². The molecule has 600 valence electrons. The standard InChI is InChI=1S/C82H105N13O17/c1-52(2)75(90-73(97)24-34-105-37-39-107-41-42-108-40-38-106-35-25-84-72(96)23-26-93-74(98)44-54(4)79(93)101)78(100)85-55(5)77(99)86-60-17-11-56(12-18-60)51-112-82(103)94-31-36-111-81(94)69-43-53(3)50-95(69)80(102)63-48-70(104-7)71(49-64(63)83)110-33-10-8-9-32-109-62-20-14-57(15-21-62)76-88-65-22-16-59(46-68(65)89-76)66-45-58-13-19-61(47-67(58)87-66)92-29-27-91(6)28-30-92/h11-22,46-49,52,54-55,69,75,81H,3,8-10,23-45,50-51,83H2,1-2,4-7H3,(H,84,96)(H,85,100)(H,86,99)(H,88,89)(H,90,97)/t54?,55-,69-,75-,81?/m0/s1. The number of aromatic nitrogens is 2. The van der Waals surface area contributed by atoms with Gasteiger partial charge in [0.2, 0.25) is 35.4 Å². The van der Waals surface area contributed by atoms with E-state index in [1.165, 1.54) is 30.2 Å². The zero-order valence-electron chi connectivity index (χ0n) is 64.9. The molecule has 5 aliphatic rings. The average molecular weight is 1540 g/mol. The number of nitrogens with zero attached hydrogens (tertiary/aromatic N) is 7. The van der Waals surface area contributed by atoms with E-state index < -0.39 is 48.2 Å². The second kappa shape index (κ2) is 40.1. The molecular formula is C82H105N13O17. The highest BCUT2D eigenvalue weighted by Crippen LogP contribution is 2.38. The Morgan fingerprint density at radius 2 is 1.42 bits per heavy atom. The van der Waals surface area contributed by atoms with Crippen LogP contribution in [0.5, 0.6) is 17.2 Å². The molecule has 8 amide bonds. The van der Waals surface area contributed by atoms with Crippen molar-refractivity contribution < 1.29 is 81.0 Å².